The fraction of sp³-hybridized carbons (Fsp3) is 0.357. The Morgan fingerprint density at radius 1 is 1.22 bits per heavy atom. The summed E-state index contributed by atoms with van der Waals surface area (Å²) in [6, 6.07) is 9.52. The number of hydrogen-bond donors (Lipinski definition) is 0. The van der Waals surface area contributed by atoms with Gasteiger partial charge in [-0.1, -0.05) is 11.6 Å². The first-order valence-corrected chi connectivity index (χ1v) is 6.54. The zero-order chi connectivity index (χ0) is 12.4. The predicted octanol–water partition coefficient (Wildman–Crippen LogP) is 3.79. The smallest absolute Gasteiger partial charge is 0.199 e. The first kappa shape index (κ1) is 11.8. The summed E-state index contributed by atoms with van der Waals surface area (Å²) in [5, 5.41) is 1.53. The number of hydrogen-bond acceptors (Lipinski definition) is 3. The van der Waals surface area contributed by atoms with Crippen LogP contribution in [0.1, 0.15) is 19.3 Å². The van der Waals surface area contributed by atoms with E-state index in [9.17, 15) is 0 Å². The van der Waals surface area contributed by atoms with Gasteiger partial charge < -0.3 is 9.47 Å². The molecule has 1 aliphatic rings. The van der Waals surface area contributed by atoms with Crippen molar-refractivity contribution in [1.82, 2.24) is 4.98 Å². The van der Waals surface area contributed by atoms with Crippen LogP contribution in [0, 0.1) is 0 Å². The van der Waals surface area contributed by atoms with Gasteiger partial charge in [0.05, 0.1) is 12.1 Å². The van der Waals surface area contributed by atoms with Gasteiger partial charge in [-0.15, -0.1) is 0 Å². The molecule has 1 atom stereocenters. The van der Waals surface area contributed by atoms with Crippen molar-refractivity contribution in [1.29, 1.82) is 0 Å². The first-order valence-electron chi connectivity index (χ1n) is 6.16. The van der Waals surface area contributed by atoms with Crippen molar-refractivity contribution in [3.8, 4) is 5.75 Å². The molecular formula is C14H14ClNO2. The van der Waals surface area contributed by atoms with Gasteiger partial charge >= 0.3 is 0 Å². The van der Waals surface area contributed by atoms with Crippen molar-refractivity contribution in [2.45, 2.75) is 25.6 Å². The Morgan fingerprint density at radius 3 is 3.00 bits per heavy atom. The Hall–Kier alpha value is -1.32. The number of rotatable bonds is 2. The van der Waals surface area contributed by atoms with Crippen LogP contribution in [0.2, 0.25) is 5.15 Å². The normalized spacial score (nSPS) is 19.9. The zero-order valence-electron chi connectivity index (χ0n) is 9.93. The Bertz CT molecular complexity index is 552. The second kappa shape index (κ2) is 5.12. The van der Waals surface area contributed by atoms with Crippen molar-refractivity contribution < 1.29 is 9.47 Å². The first-order chi connectivity index (χ1) is 8.81. The molecule has 0 amide bonds. The standard InChI is InChI=1S/C14H14ClNO2/c15-13-7-4-10-9-11(5-6-12(10)16-13)18-14-3-1-2-8-17-14/h4-7,9,14H,1-3,8H2. The third-order valence-electron chi connectivity index (χ3n) is 3.03. The molecule has 3 rings (SSSR count). The summed E-state index contributed by atoms with van der Waals surface area (Å²) in [6.45, 7) is 0.787. The second-order valence-electron chi connectivity index (χ2n) is 4.40. The third kappa shape index (κ3) is 2.57. The highest BCUT2D eigenvalue weighted by Crippen LogP contribution is 2.24. The molecule has 1 fully saturated rings. The lowest BCUT2D eigenvalue weighted by Gasteiger charge is -2.23. The van der Waals surface area contributed by atoms with Crippen LogP contribution in [-0.2, 0) is 4.74 Å². The minimum Gasteiger partial charge on any atom is -0.465 e. The minimum atomic E-state index is -0.114. The predicted molar refractivity (Wildman–Crippen MR) is 71.0 cm³/mol. The molecule has 1 aromatic heterocycles. The topological polar surface area (TPSA) is 31.4 Å². The van der Waals surface area contributed by atoms with Crippen LogP contribution < -0.4 is 4.74 Å². The van der Waals surface area contributed by atoms with Gasteiger partial charge in [0.2, 0.25) is 0 Å². The minimum absolute atomic E-state index is 0.114. The summed E-state index contributed by atoms with van der Waals surface area (Å²) < 4.78 is 11.4. The number of fused-ring (bicyclic) bond motifs is 1. The summed E-state index contributed by atoms with van der Waals surface area (Å²) in [5.41, 5.74) is 0.874. The van der Waals surface area contributed by atoms with Crippen LogP contribution >= 0.6 is 11.6 Å². The molecule has 2 aromatic rings. The van der Waals surface area contributed by atoms with E-state index >= 15 is 0 Å². The molecule has 4 heteroatoms. The number of benzene rings is 1. The quantitative estimate of drug-likeness (QED) is 0.773. The van der Waals surface area contributed by atoms with E-state index < -0.39 is 0 Å². The maximum absolute atomic E-state index is 5.85. The lowest BCUT2D eigenvalue weighted by Crippen LogP contribution is -2.24. The third-order valence-corrected chi connectivity index (χ3v) is 3.24. The van der Waals surface area contributed by atoms with Gasteiger partial charge in [-0.3, -0.25) is 0 Å². The highest BCUT2D eigenvalue weighted by Gasteiger charge is 2.15. The number of halogens is 1. The van der Waals surface area contributed by atoms with E-state index in [0.29, 0.717) is 5.15 Å². The Labute approximate surface area is 111 Å². The summed E-state index contributed by atoms with van der Waals surface area (Å²) in [7, 11) is 0. The van der Waals surface area contributed by atoms with Crippen LogP contribution in [-0.4, -0.2) is 17.9 Å². The molecule has 0 radical (unpaired) electrons. The largest absolute Gasteiger partial charge is 0.465 e. The van der Waals surface area contributed by atoms with Gasteiger partial charge in [0.1, 0.15) is 10.9 Å². The monoisotopic (exact) mass is 263 g/mol. The molecule has 1 unspecified atom stereocenters. The molecular weight excluding hydrogens is 250 g/mol. The van der Waals surface area contributed by atoms with E-state index in [2.05, 4.69) is 4.98 Å². The van der Waals surface area contributed by atoms with Crippen LogP contribution in [0.3, 0.4) is 0 Å². The van der Waals surface area contributed by atoms with Crippen molar-refractivity contribution in [3.63, 3.8) is 0 Å². The maximum Gasteiger partial charge on any atom is 0.199 e. The molecule has 1 saturated heterocycles. The number of ether oxygens (including phenoxy) is 2. The molecule has 1 aromatic carbocycles. The van der Waals surface area contributed by atoms with E-state index in [1.807, 2.05) is 24.3 Å². The summed E-state index contributed by atoms with van der Waals surface area (Å²) in [5.74, 6) is 0.818. The summed E-state index contributed by atoms with van der Waals surface area (Å²) in [6.07, 6.45) is 3.13. The molecule has 3 nitrogen and oxygen atoms in total. The van der Waals surface area contributed by atoms with Gasteiger partial charge in [-0.25, -0.2) is 4.98 Å². The summed E-state index contributed by atoms with van der Waals surface area (Å²) in [4.78, 5) is 4.24. The molecule has 0 aliphatic carbocycles. The van der Waals surface area contributed by atoms with Crippen LogP contribution in [0.5, 0.6) is 5.75 Å². The fourth-order valence-corrected chi connectivity index (χ4v) is 2.26. The van der Waals surface area contributed by atoms with Gasteiger partial charge in [-0.05, 0) is 43.2 Å². The number of nitrogens with zero attached hydrogens (tertiary/aromatic N) is 1. The Balaban J connectivity index is 1.82. The average molecular weight is 264 g/mol. The van der Waals surface area contributed by atoms with Crippen molar-refractivity contribution in [2.75, 3.05) is 6.61 Å². The number of aromatic nitrogens is 1. The molecule has 0 saturated carbocycles. The highest BCUT2D eigenvalue weighted by molar-refractivity contribution is 6.29. The van der Waals surface area contributed by atoms with E-state index in [0.717, 1.165) is 42.5 Å². The fourth-order valence-electron chi connectivity index (χ4n) is 2.11. The van der Waals surface area contributed by atoms with Crippen LogP contribution in [0.4, 0.5) is 0 Å². The molecule has 0 spiro atoms. The molecule has 0 bridgehead atoms. The molecule has 94 valence electrons. The van der Waals surface area contributed by atoms with Crippen LogP contribution in [0.25, 0.3) is 10.9 Å². The molecule has 18 heavy (non-hydrogen) atoms. The highest BCUT2D eigenvalue weighted by atomic mass is 35.5. The number of pyridine rings is 1. The Kier molecular flexibility index (Phi) is 3.35. The van der Waals surface area contributed by atoms with E-state index in [-0.39, 0.29) is 6.29 Å². The summed E-state index contributed by atoms with van der Waals surface area (Å²) >= 11 is 5.85. The Morgan fingerprint density at radius 2 is 2.17 bits per heavy atom. The molecule has 2 heterocycles. The second-order valence-corrected chi connectivity index (χ2v) is 4.79. The van der Waals surface area contributed by atoms with E-state index in [1.165, 1.54) is 0 Å². The lowest BCUT2D eigenvalue weighted by molar-refractivity contribution is -0.105. The molecule has 1 aliphatic heterocycles. The van der Waals surface area contributed by atoms with Crippen molar-refractivity contribution in [3.05, 3.63) is 35.5 Å². The van der Waals surface area contributed by atoms with Crippen LogP contribution in [0.15, 0.2) is 30.3 Å². The van der Waals surface area contributed by atoms with Gasteiger partial charge in [0.15, 0.2) is 6.29 Å². The van der Waals surface area contributed by atoms with Crippen molar-refractivity contribution >= 4 is 22.5 Å². The lowest BCUT2D eigenvalue weighted by atomic mass is 10.2. The maximum atomic E-state index is 5.85. The SMILES string of the molecule is Clc1ccc2cc(OC3CCCCO3)ccc2n1. The van der Waals surface area contributed by atoms with Gasteiger partial charge in [-0.2, -0.15) is 0 Å². The average Bonchev–Trinajstić information content (AvgIpc) is 2.40. The zero-order valence-corrected chi connectivity index (χ0v) is 10.7. The van der Waals surface area contributed by atoms with Crippen molar-refractivity contribution in [2.24, 2.45) is 0 Å². The van der Waals surface area contributed by atoms with Gasteiger partial charge in [0, 0.05) is 11.8 Å². The van der Waals surface area contributed by atoms with E-state index in [4.69, 9.17) is 21.1 Å². The van der Waals surface area contributed by atoms with Gasteiger partial charge in [0.25, 0.3) is 0 Å². The van der Waals surface area contributed by atoms with E-state index in [1.54, 1.807) is 6.07 Å². The molecule has 0 N–H and O–H groups in total.